The van der Waals surface area contributed by atoms with E-state index in [0.717, 1.165) is 11.4 Å². The number of rotatable bonds is 1. The maximum Gasteiger partial charge on any atom is 0.138 e. The molecule has 1 radical (unpaired) electrons. The molecule has 0 saturated carbocycles. The van der Waals surface area contributed by atoms with Crippen LogP contribution in [0, 0.1) is 6.92 Å². The van der Waals surface area contributed by atoms with E-state index in [9.17, 15) is 0 Å². The normalized spacial score (nSPS) is 9.56. The van der Waals surface area contributed by atoms with E-state index in [0.29, 0.717) is 5.33 Å². The van der Waals surface area contributed by atoms with Crippen LogP contribution in [0.3, 0.4) is 0 Å². The van der Waals surface area contributed by atoms with Crippen molar-refractivity contribution in [3.05, 3.63) is 30.7 Å². The van der Waals surface area contributed by atoms with Crippen molar-refractivity contribution in [3.63, 3.8) is 0 Å². The second kappa shape index (κ2) is 2.92. The summed E-state index contributed by atoms with van der Waals surface area (Å²) >= 11 is 3.24. The second-order valence-corrected chi connectivity index (χ2v) is 2.20. The number of nitrogens with zero attached hydrogens (tertiary/aromatic N) is 2. The van der Waals surface area contributed by atoms with Gasteiger partial charge in [0.25, 0.3) is 0 Å². The van der Waals surface area contributed by atoms with E-state index in [1.54, 1.807) is 12.4 Å². The molecule has 0 aliphatic rings. The summed E-state index contributed by atoms with van der Waals surface area (Å²) in [5.74, 6) is 0.794. The Morgan fingerprint density at radius 1 is 1.44 bits per heavy atom. The molecule has 0 aliphatic heterocycles. The van der Waals surface area contributed by atoms with Gasteiger partial charge in [0.05, 0.1) is 5.33 Å². The van der Waals surface area contributed by atoms with E-state index >= 15 is 0 Å². The van der Waals surface area contributed by atoms with E-state index in [4.69, 9.17) is 0 Å². The van der Waals surface area contributed by atoms with Crippen LogP contribution >= 0.6 is 15.9 Å². The molecule has 0 spiro atoms. The molecule has 0 N–H and O–H groups in total. The summed E-state index contributed by atoms with van der Waals surface area (Å²) in [7, 11) is 0. The van der Waals surface area contributed by atoms with Crippen molar-refractivity contribution in [2.24, 2.45) is 0 Å². The maximum atomic E-state index is 3.98. The third-order valence-corrected chi connectivity index (χ3v) is 1.38. The minimum Gasteiger partial charge on any atom is -0.240 e. The van der Waals surface area contributed by atoms with E-state index in [-0.39, 0.29) is 0 Å². The van der Waals surface area contributed by atoms with Crippen molar-refractivity contribution in [2.75, 3.05) is 0 Å². The molecule has 2 nitrogen and oxygen atoms in total. The van der Waals surface area contributed by atoms with Crippen molar-refractivity contribution in [2.45, 2.75) is 5.33 Å². The molecule has 1 heterocycles. The Labute approximate surface area is 62.5 Å². The first kappa shape index (κ1) is 6.68. The molecule has 0 fully saturated rings. The topological polar surface area (TPSA) is 25.8 Å². The summed E-state index contributed by atoms with van der Waals surface area (Å²) < 4.78 is 0. The molecular weight excluding hydrogens is 180 g/mol. The van der Waals surface area contributed by atoms with Gasteiger partial charge in [0.15, 0.2) is 0 Å². The zero-order valence-electron chi connectivity index (χ0n) is 4.84. The highest BCUT2D eigenvalue weighted by molar-refractivity contribution is 9.08. The predicted octanol–water partition coefficient (Wildman–Crippen LogP) is 1.55. The Balaban J connectivity index is 2.88. The molecule has 0 bridgehead atoms. The van der Waals surface area contributed by atoms with Gasteiger partial charge >= 0.3 is 0 Å². The number of hydrogen-bond acceptors (Lipinski definition) is 2. The van der Waals surface area contributed by atoms with Crippen LogP contribution in [0.15, 0.2) is 12.4 Å². The average molecular weight is 186 g/mol. The standard InChI is InChI=1S/C6H6BrN2/c1-5-3-8-6(2-7)9-4-5/h3-4H,1-2H2. The first-order valence-corrected chi connectivity index (χ1v) is 3.64. The van der Waals surface area contributed by atoms with Crippen LogP contribution in [-0.2, 0) is 5.33 Å². The maximum absolute atomic E-state index is 3.98. The van der Waals surface area contributed by atoms with E-state index in [2.05, 4.69) is 32.8 Å². The number of alkyl halides is 1. The number of hydrogen-bond donors (Lipinski definition) is 0. The Morgan fingerprint density at radius 2 is 2.00 bits per heavy atom. The van der Waals surface area contributed by atoms with E-state index < -0.39 is 0 Å². The van der Waals surface area contributed by atoms with Crippen molar-refractivity contribution in [3.8, 4) is 0 Å². The third-order valence-electron chi connectivity index (χ3n) is 0.878. The zero-order chi connectivity index (χ0) is 6.69. The van der Waals surface area contributed by atoms with Crippen LogP contribution in [0.2, 0.25) is 0 Å². The minimum absolute atomic E-state index is 0.702. The monoisotopic (exact) mass is 185 g/mol. The first-order chi connectivity index (χ1) is 4.33. The SMILES string of the molecule is [CH2]c1cnc(CBr)nc1. The molecule has 0 aliphatic carbocycles. The molecule has 3 heteroatoms. The van der Waals surface area contributed by atoms with Crippen LogP contribution in [0.4, 0.5) is 0 Å². The van der Waals surface area contributed by atoms with Crippen molar-refractivity contribution >= 4 is 15.9 Å². The smallest absolute Gasteiger partial charge is 0.138 e. The average Bonchev–Trinajstić information content (AvgIpc) is 1.90. The molecule has 9 heavy (non-hydrogen) atoms. The van der Waals surface area contributed by atoms with Gasteiger partial charge in [0, 0.05) is 12.4 Å². The highest BCUT2D eigenvalue weighted by Crippen LogP contribution is 1.97. The molecule has 1 rings (SSSR count). The lowest BCUT2D eigenvalue weighted by Crippen LogP contribution is -1.89. The highest BCUT2D eigenvalue weighted by Gasteiger charge is 1.89. The fourth-order valence-electron chi connectivity index (χ4n) is 0.451. The summed E-state index contributed by atoms with van der Waals surface area (Å²) in [6, 6.07) is 0. The van der Waals surface area contributed by atoms with E-state index in [1.807, 2.05) is 0 Å². The Kier molecular flexibility index (Phi) is 2.16. The van der Waals surface area contributed by atoms with Crippen molar-refractivity contribution < 1.29 is 0 Å². The van der Waals surface area contributed by atoms with Crippen LogP contribution < -0.4 is 0 Å². The van der Waals surface area contributed by atoms with Crippen molar-refractivity contribution in [1.29, 1.82) is 0 Å². The minimum atomic E-state index is 0.702. The third kappa shape index (κ3) is 1.75. The lowest BCUT2D eigenvalue weighted by molar-refractivity contribution is 1.03. The fraction of sp³-hybridized carbons (Fsp3) is 0.167. The van der Waals surface area contributed by atoms with Crippen LogP contribution in [0.25, 0.3) is 0 Å². The molecule has 0 saturated heterocycles. The quantitative estimate of drug-likeness (QED) is 0.622. The molecule has 1 aromatic rings. The summed E-state index contributed by atoms with van der Waals surface area (Å²) in [6.45, 7) is 3.66. The van der Waals surface area contributed by atoms with Crippen LogP contribution in [0.1, 0.15) is 11.4 Å². The lowest BCUT2D eigenvalue weighted by Gasteiger charge is -1.91. The molecule has 47 valence electrons. The van der Waals surface area contributed by atoms with Gasteiger partial charge in [-0.1, -0.05) is 15.9 Å². The van der Waals surface area contributed by atoms with Gasteiger partial charge < -0.3 is 0 Å². The van der Waals surface area contributed by atoms with Gasteiger partial charge in [-0.15, -0.1) is 0 Å². The van der Waals surface area contributed by atoms with Gasteiger partial charge in [-0.05, 0) is 12.5 Å². The Hall–Kier alpha value is -0.440. The molecular formula is C6H6BrN2. The number of aromatic nitrogens is 2. The van der Waals surface area contributed by atoms with Crippen LogP contribution in [0.5, 0.6) is 0 Å². The van der Waals surface area contributed by atoms with Crippen LogP contribution in [-0.4, -0.2) is 9.97 Å². The largest absolute Gasteiger partial charge is 0.240 e. The van der Waals surface area contributed by atoms with E-state index in [1.165, 1.54) is 0 Å². The summed E-state index contributed by atoms with van der Waals surface area (Å²) in [5, 5.41) is 0.702. The summed E-state index contributed by atoms with van der Waals surface area (Å²) in [4.78, 5) is 7.95. The van der Waals surface area contributed by atoms with Gasteiger partial charge in [0.1, 0.15) is 5.82 Å². The van der Waals surface area contributed by atoms with Gasteiger partial charge in [-0.2, -0.15) is 0 Å². The Morgan fingerprint density at radius 3 is 2.44 bits per heavy atom. The molecule has 1 aromatic heterocycles. The first-order valence-electron chi connectivity index (χ1n) is 2.52. The van der Waals surface area contributed by atoms with Gasteiger partial charge in [0.2, 0.25) is 0 Å². The molecule has 0 atom stereocenters. The second-order valence-electron chi connectivity index (χ2n) is 1.64. The van der Waals surface area contributed by atoms with Crippen molar-refractivity contribution in [1.82, 2.24) is 9.97 Å². The highest BCUT2D eigenvalue weighted by atomic mass is 79.9. The van der Waals surface area contributed by atoms with Gasteiger partial charge in [-0.3, -0.25) is 0 Å². The summed E-state index contributed by atoms with van der Waals surface area (Å²) in [5.41, 5.74) is 0.847. The molecule has 0 amide bonds. The summed E-state index contributed by atoms with van der Waals surface area (Å²) in [6.07, 6.45) is 3.40. The molecule has 0 aromatic carbocycles. The fourth-order valence-corrected chi connectivity index (χ4v) is 0.740. The lowest BCUT2D eigenvalue weighted by atomic mass is 10.4. The predicted molar refractivity (Wildman–Crippen MR) is 39.1 cm³/mol. The molecule has 0 unspecified atom stereocenters. The van der Waals surface area contributed by atoms with Gasteiger partial charge in [-0.25, -0.2) is 9.97 Å². The number of halogens is 1. The zero-order valence-corrected chi connectivity index (χ0v) is 6.43. The Bertz CT molecular complexity index is 183.